The second-order valence-electron chi connectivity index (χ2n) is 4.08. The van der Waals surface area contributed by atoms with E-state index in [2.05, 4.69) is 9.71 Å². The van der Waals surface area contributed by atoms with Crippen molar-refractivity contribution in [3.8, 4) is 0 Å². The van der Waals surface area contributed by atoms with Gasteiger partial charge in [0, 0.05) is 17.8 Å². The van der Waals surface area contributed by atoms with Crippen molar-refractivity contribution in [2.24, 2.45) is 0 Å². The fourth-order valence-corrected chi connectivity index (χ4v) is 3.07. The molecule has 1 heterocycles. The van der Waals surface area contributed by atoms with Crippen molar-refractivity contribution in [2.75, 3.05) is 4.72 Å². The highest BCUT2D eigenvalue weighted by atomic mass is 35.5. The van der Waals surface area contributed by atoms with Gasteiger partial charge in [0.25, 0.3) is 5.69 Å². The molecule has 0 fully saturated rings. The van der Waals surface area contributed by atoms with Gasteiger partial charge in [0.05, 0.1) is 9.95 Å². The molecule has 0 amide bonds. The monoisotopic (exact) mass is 327 g/mol. The molecular formula is C12H10ClN3O4S. The Kier molecular flexibility index (Phi) is 4.39. The van der Waals surface area contributed by atoms with E-state index in [-0.39, 0.29) is 22.1 Å². The lowest BCUT2D eigenvalue weighted by Crippen LogP contribution is -2.16. The number of nitro groups is 1. The first kappa shape index (κ1) is 15.2. The van der Waals surface area contributed by atoms with Crippen molar-refractivity contribution in [1.82, 2.24) is 4.98 Å². The van der Waals surface area contributed by atoms with Crippen LogP contribution in [0, 0.1) is 10.1 Å². The number of hydrogen-bond acceptors (Lipinski definition) is 5. The van der Waals surface area contributed by atoms with E-state index in [1.54, 1.807) is 6.07 Å². The average molecular weight is 328 g/mol. The molecule has 0 radical (unpaired) electrons. The molecule has 0 saturated carbocycles. The molecule has 0 saturated heterocycles. The number of hydrogen-bond donors (Lipinski definition) is 1. The van der Waals surface area contributed by atoms with Crippen LogP contribution in [0.5, 0.6) is 0 Å². The molecule has 21 heavy (non-hydrogen) atoms. The Morgan fingerprint density at radius 1 is 1.24 bits per heavy atom. The zero-order valence-corrected chi connectivity index (χ0v) is 12.1. The van der Waals surface area contributed by atoms with Gasteiger partial charge in [0.2, 0.25) is 10.0 Å². The number of nitro benzene ring substituents is 1. The SMILES string of the molecule is O=[N+]([O-])c1ccccc1CS(=O)(=O)Nc1ncccc1Cl. The lowest BCUT2D eigenvalue weighted by Gasteiger charge is -2.08. The molecule has 0 bridgehead atoms. The van der Waals surface area contributed by atoms with Crippen LogP contribution in [0.15, 0.2) is 42.6 Å². The van der Waals surface area contributed by atoms with E-state index >= 15 is 0 Å². The van der Waals surface area contributed by atoms with E-state index in [4.69, 9.17) is 11.6 Å². The summed E-state index contributed by atoms with van der Waals surface area (Å²) in [6.45, 7) is 0. The van der Waals surface area contributed by atoms with Gasteiger partial charge in [-0.05, 0) is 12.1 Å². The first-order valence-electron chi connectivity index (χ1n) is 5.72. The number of halogens is 1. The lowest BCUT2D eigenvalue weighted by molar-refractivity contribution is -0.385. The molecular weight excluding hydrogens is 318 g/mol. The molecule has 0 aliphatic rings. The molecule has 0 unspecified atom stereocenters. The van der Waals surface area contributed by atoms with E-state index in [0.717, 1.165) is 0 Å². The van der Waals surface area contributed by atoms with Gasteiger partial charge in [-0.15, -0.1) is 0 Å². The van der Waals surface area contributed by atoms with Gasteiger partial charge in [-0.1, -0.05) is 29.8 Å². The summed E-state index contributed by atoms with van der Waals surface area (Å²) >= 11 is 5.82. The number of pyridine rings is 1. The Hall–Kier alpha value is -2.19. The molecule has 1 aromatic carbocycles. The summed E-state index contributed by atoms with van der Waals surface area (Å²) in [6.07, 6.45) is 1.38. The van der Waals surface area contributed by atoms with Crippen LogP contribution in [-0.2, 0) is 15.8 Å². The zero-order chi connectivity index (χ0) is 15.5. The number of benzene rings is 1. The summed E-state index contributed by atoms with van der Waals surface area (Å²) in [5.41, 5.74) is -0.169. The summed E-state index contributed by atoms with van der Waals surface area (Å²) in [6, 6.07) is 8.68. The van der Waals surface area contributed by atoms with Crippen molar-refractivity contribution >= 4 is 33.1 Å². The van der Waals surface area contributed by atoms with Gasteiger partial charge >= 0.3 is 0 Å². The fourth-order valence-electron chi connectivity index (χ4n) is 1.66. The number of aromatic nitrogens is 1. The third kappa shape index (κ3) is 3.89. The number of sulfonamides is 1. The molecule has 0 atom stereocenters. The zero-order valence-electron chi connectivity index (χ0n) is 10.6. The lowest BCUT2D eigenvalue weighted by atomic mass is 10.2. The van der Waals surface area contributed by atoms with Crippen LogP contribution in [0.25, 0.3) is 0 Å². The highest BCUT2D eigenvalue weighted by Gasteiger charge is 2.20. The molecule has 2 rings (SSSR count). The Morgan fingerprint density at radius 3 is 2.62 bits per heavy atom. The smallest absolute Gasteiger partial charge is 0.266 e. The van der Waals surface area contributed by atoms with Crippen LogP contribution in [0.3, 0.4) is 0 Å². The summed E-state index contributed by atoms with van der Waals surface area (Å²) in [5, 5.41) is 11.0. The Bertz CT molecular complexity index is 780. The van der Waals surface area contributed by atoms with Crippen LogP contribution in [-0.4, -0.2) is 18.3 Å². The van der Waals surface area contributed by atoms with E-state index < -0.39 is 20.7 Å². The fraction of sp³-hybridized carbons (Fsp3) is 0.0833. The maximum Gasteiger partial charge on any atom is 0.273 e. The van der Waals surface area contributed by atoms with Crippen molar-refractivity contribution in [3.63, 3.8) is 0 Å². The highest BCUT2D eigenvalue weighted by molar-refractivity contribution is 7.91. The number of para-hydroxylation sites is 1. The summed E-state index contributed by atoms with van der Waals surface area (Å²) in [4.78, 5) is 14.1. The van der Waals surface area contributed by atoms with Crippen molar-refractivity contribution < 1.29 is 13.3 Å². The van der Waals surface area contributed by atoms with Crippen LogP contribution in [0.2, 0.25) is 5.02 Å². The van der Waals surface area contributed by atoms with Gasteiger partial charge in [-0.3, -0.25) is 14.8 Å². The standard InChI is InChI=1S/C12H10ClN3O4S/c13-10-5-3-7-14-12(10)15-21(19,20)8-9-4-1-2-6-11(9)16(17)18/h1-7H,8H2,(H,14,15). The molecule has 1 aromatic heterocycles. The first-order chi connectivity index (χ1) is 9.89. The largest absolute Gasteiger partial charge is 0.273 e. The molecule has 0 aliphatic heterocycles. The molecule has 1 N–H and O–H groups in total. The van der Waals surface area contributed by atoms with E-state index in [1.165, 1.54) is 36.5 Å². The number of anilines is 1. The van der Waals surface area contributed by atoms with Gasteiger partial charge < -0.3 is 0 Å². The maximum atomic E-state index is 12.1. The molecule has 110 valence electrons. The highest BCUT2D eigenvalue weighted by Crippen LogP contribution is 2.23. The van der Waals surface area contributed by atoms with E-state index in [0.29, 0.717) is 0 Å². The summed E-state index contributed by atoms with van der Waals surface area (Å²) in [5.74, 6) is -0.561. The topological polar surface area (TPSA) is 102 Å². The van der Waals surface area contributed by atoms with Gasteiger partial charge in [0.1, 0.15) is 5.75 Å². The molecule has 7 nitrogen and oxygen atoms in total. The number of nitrogens with zero attached hydrogens (tertiary/aromatic N) is 2. The average Bonchev–Trinajstić information content (AvgIpc) is 2.41. The van der Waals surface area contributed by atoms with Crippen LogP contribution >= 0.6 is 11.6 Å². The minimum Gasteiger partial charge on any atom is -0.266 e. The summed E-state index contributed by atoms with van der Waals surface area (Å²) < 4.78 is 26.3. The normalized spacial score (nSPS) is 11.1. The predicted molar refractivity (Wildman–Crippen MR) is 78.6 cm³/mol. The number of nitrogens with one attached hydrogen (secondary N) is 1. The van der Waals surface area contributed by atoms with E-state index in [1.807, 2.05) is 0 Å². The van der Waals surface area contributed by atoms with Crippen LogP contribution in [0.4, 0.5) is 11.5 Å². The van der Waals surface area contributed by atoms with Crippen molar-refractivity contribution in [2.45, 2.75) is 5.75 Å². The Morgan fingerprint density at radius 2 is 1.95 bits per heavy atom. The van der Waals surface area contributed by atoms with Gasteiger partial charge in [-0.2, -0.15) is 0 Å². The Labute approximate surface area is 125 Å². The minimum absolute atomic E-state index is 0.0160. The van der Waals surface area contributed by atoms with E-state index in [9.17, 15) is 18.5 Å². The Balaban J connectivity index is 2.27. The third-order valence-corrected chi connectivity index (χ3v) is 4.04. The van der Waals surface area contributed by atoms with Crippen molar-refractivity contribution in [1.29, 1.82) is 0 Å². The quantitative estimate of drug-likeness (QED) is 0.671. The second-order valence-corrected chi connectivity index (χ2v) is 6.21. The number of rotatable bonds is 5. The minimum atomic E-state index is -3.87. The third-order valence-electron chi connectivity index (χ3n) is 2.54. The van der Waals surface area contributed by atoms with Crippen LogP contribution in [0.1, 0.15) is 5.56 Å². The van der Waals surface area contributed by atoms with Crippen LogP contribution < -0.4 is 4.72 Å². The first-order valence-corrected chi connectivity index (χ1v) is 7.75. The summed E-state index contributed by atoms with van der Waals surface area (Å²) in [7, 11) is -3.87. The van der Waals surface area contributed by atoms with Crippen molar-refractivity contribution in [3.05, 3.63) is 63.3 Å². The molecule has 2 aromatic rings. The second kappa shape index (κ2) is 6.06. The van der Waals surface area contributed by atoms with Gasteiger partial charge in [0.15, 0.2) is 5.82 Å². The molecule has 0 spiro atoms. The predicted octanol–water partition coefficient (Wildman–Crippen LogP) is 2.59. The maximum absolute atomic E-state index is 12.1. The van der Waals surface area contributed by atoms with Gasteiger partial charge in [-0.25, -0.2) is 13.4 Å². The molecule has 0 aliphatic carbocycles. The molecule has 9 heteroatoms.